The summed E-state index contributed by atoms with van der Waals surface area (Å²) in [5.74, 6) is 0.924. The van der Waals surface area contributed by atoms with Crippen molar-refractivity contribution in [3.63, 3.8) is 0 Å². The molecule has 0 saturated carbocycles. The lowest BCUT2D eigenvalue weighted by Crippen LogP contribution is -2.14. The van der Waals surface area contributed by atoms with E-state index in [0.29, 0.717) is 0 Å². The van der Waals surface area contributed by atoms with Crippen molar-refractivity contribution in [3.8, 4) is 5.75 Å². The Morgan fingerprint density at radius 2 is 2.13 bits per heavy atom. The van der Waals surface area contributed by atoms with Gasteiger partial charge < -0.3 is 4.84 Å². The van der Waals surface area contributed by atoms with Crippen molar-refractivity contribution in [2.75, 3.05) is 0 Å². The Morgan fingerprint density at radius 3 is 2.87 bits per heavy atom. The standard InChI is InChI=1S/C12H13NOS/c1-2-11-7-3-4-8-12(11)14-13-9-5-6-10-15-13/h3-10H,2H2,1H3. The number of allylic oxidation sites excluding steroid dienone is 2. The maximum absolute atomic E-state index is 5.74. The summed E-state index contributed by atoms with van der Waals surface area (Å²) in [6.45, 7) is 2.13. The van der Waals surface area contributed by atoms with Gasteiger partial charge in [0.25, 0.3) is 0 Å². The third-order valence-corrected chi connectivity index (χ3v) is 2.79. The molecule has 1 aromatic rings. The Morgan fingerprint density at radius 1 is 1.27 bits per heavy atom. The third kappa shape index (κ3) is 2.57. The van der Waals surface area contributed by atoms with Crippen molar-refractivity contribution < 1.29 is 4.84 Å². The van der Waals surface area contributed by atoms with E-state index in [-0.39, 0.29) is 0 Å². The van der Waals surface area contributed by atoms with E-state index < -0.39 is 0 Å². The summed E-state index contributed by atoms with van der Waals surface area (Å²) in [7, 11) is 0. The van der Waals surface area contributed by atoms with Crippen LogP contribution in [0.25, 0.3) is 0 Å². The van der Waals surface area contributed by atoms with Crippen LogP contribution in [0.2, 0.25) is 0 Å². The molecule has 78 valence electrons. The summed E-state index contributed by atoms with van der Waals surface area (Å²) >= 11 is 1.52. The lowest BCUT2D eigenvalue weighted by molar-refractivity contribution is 0.102. The molecule has 3 heteroatoms. The molecule has 1 aliphatic heterocycles. The van der Waals surface area contributed by atoms with Crippen LogP contribution >= 0.6 is 11.9 Å². The summed E-state index contributed by atoms with van der Waals surface area (Å²) in [5.41, 5.74) is 1.22. The number of benzene rings is 1. The molecule has 0 aliphatic carbocycles. The molecular weight excluding hydrogens is 206 g/mol. The van der Waals surface area contributed by atoms with E-state index >= 15 is 0 Å². The maximum Gasteiger partial charge on any atom is 0.159 e. The van der Waals surface area contributed by atoms with Gasteiger partial charge in [0.1, 0.15) is 0 Å². The minimum atomic E-state index is 0.924. The van der Waals surface area contributed by atoms with E-state index in [1.807, 2.05) is 42.0 Å². The number of para-hydroxylation sites is 1. The molecule has 0 aromatic heterocycles. The highest BCUT2D eigenvalue weighted by Crippen LogP contribution is 2.24. The molecule has 1 aromatic carbocycles. The second-order valence-electron chi connectivity index (χ2n) is 3.11. The number of hydrogen-bond donors (Lipinski definition) is 0. The number of nitrogens with zero attached hydrogens (tertiary/aromatic N) is 1. The van der Waals surface area contributed by atoms with Crippen molar-refractivity contribution in [3.05, 3.63) is 53.6 Å². The second-order valence-corrected chi connectivity index (χ2v) is 3.96. The molecule has 2 nitrogen and oxygen atoms in total. The van der Waals surface area contributed by atoms with Gasteiger partial charge in [0.05, 0.1) is 6.20 Å². The van der Waals surface area contributed by atoms with Crippen LogP contribution in [0.3, 0.4) is 0 Å². The molecule has 1 aliphatic rings. The Balaban J connectivity index is 2.09. The van der Waals surface area contributed by atoms with E-state index in [1.54, 1.807) is 4.47 Å². The second kappa shape index (κ2) is 4.94. The summed E-state index contributed by atoms with van der Waals surface area (Å²) in [4.78, 5) is 5.74. The van der Waals surface area contributed by atoms with Gasteiger partial charge in [-0.15, -0.1) is 0 Å². The van der Waals surface area contributed by atoms with Crippen LogP contribution in [0.15, 0.2) is 48.0 Å². The Labute approximate surface area is 94.3 Å². The first-order valence-corrected chi connectivity index (χ1v) is 5.79. The summed E-state index contributed by atoms with van der Waals surface area (Å²) < 4.78 is 1.74. The zero-order chi connectivity index (χ0) is 10.5. The molecule has 0 amide bonds. The lowest BCUT2D eigenvalue weighted by atomic mass is 10.1. The van der Waals surface area contributed by atoms with Crippen molar-refractivity contribution >= 4 is 11.9 Å². The van der Waals surface area contributed by atoms with Gasteiger partial charge in [-0.2, -0.15) is 4.47 Å². The molecule has 0 spiro atoms. The quantitative estimate of drug-likeness (QED) is 0.721. The highest BCUT2D eigenvalue weighted by atomic mass is 32.2. The minimum absolute atomic E-state index is 0.924. The highest BCUT2D eigenvalue weighted by molar-refractivity contribution is 7.99. The van der Waals surface area contributed by atoms with E-state index in [0.717, 1.165) is 12.2 Å². The average molecular weight is 219 g/mol. The van der Waals surface area contributed by atoms with E-state index in [2.05, 4.69) is 13.0 Å². The molecule has 2 rings (SSSR count). The van der Waals surface area contributed by atoms with Crippen molar-refractivity contribution in [1.82, 2.24) is 4.47 Å². The normalized spacial score (nSPS) is 14.3. The first-order chi connectivity index (χ1) is 7.40. The van der Waals surface area contributed by atoms with Crippen LogP contribution in [-0.4, -0.2) is 4.47 Å². The third-order valence-electron chi connectivity index (χ3n) is 2.10. The molecule has 0 atom stereocenters. The van der Waals surface area contributed by atoms with Gasteiger partial charge in [-0.25, -0.2) is 0 Å². The van der Waals surface area contributed by atoms with Gasteiger partial charge >= 0.3 is 0 Å². The first kappa shape index (κ1) is 10.2. The fraction of sp³-hybridized carbons (Fsp3) is 0.167. The Bertz CT molecular complexity index is 387. The molecular formula is C12H13NOS. The number of aryl methyl sites for hydroxylation is 1. The molecule has 0 fully saturated rings. The van der Waals surface area contributed by atoms with Gasteiger partial charge in [0.15, 0.2) is 5.75 Å². The van der Waals surface area contributed by atoms with Crippen molar-refractivity contribution in [2.45, 2.75) is 13.3 Å². The Kier molecular flexibility index (Phi) is 3.35. The Hall–Kier alpha value is -1.35. The van der Waals surface area contributed by atoms with Crippen molar-refractivity contribution in [2.24, 2.45) is 0 Å². The van der Waals surface area contributed by atoms with Crippen LogP contribution in [0.5, 0.6) is 5.75 Å². The first-order valence-electron chi connectivity index (χ1n) is 4.95. The van der Waals surface area contributed by atoms with Gasteiger partial charge in [0.2, 0.25) is 0 Å². The maximum atomic E-state index is 5.74. The van der Waals surface area contributed by atoms with Crippen LogP contribution in [0, 0.1) is 0 Å². The summed E-state index contributed by atoms with van der Waals surface area (Å²) in [5, 5.41) is 1.98. The lowest BCUT2D eigenvalue weighted by Gasteiger charge is -2.20. The van der Waals surface area contributed by atoms with Gasteiger partial charge in [0, 0.05) is 11.9 Å². The number of rotatable bonds is 3. The van der Waals surface area contributed by atoms with Crippen LogP contribution < -0.4 is 4.84 Å². The molecule has 0 bridgehead atoms. The SMILES string of the molecule is CCc1ccccc1ON1C=CC=CS1. The molecule has 0 radical (unpaired) electrons. The minimum Gasteiger partial charge on any atom is -0.369 e. The number of hydroxylamine groups is 1. The predicted molar refractivity (Wildman–Crippen MR) is 64.2 cm³/mol. The molecule has 0 unspecified atom stereocenters. The van der Waals surface area contributed by atoms with Gasteiger partial charge in [-0.05, 0) is 29.5 Å². The molecule has 0 N–H and O–H groups in total. The van der Waals surface area contributed by atoms with E-state index in [1.165, 1.54) is 17.5 Å². The van der Waals surface area contributed by atoms with E-state index in [4.69, 9.17) is 4.84 Å². The smallest absolute Gasteiger partial charge is 0.159 e. The highest BCUT2D eigenvalue weighted by Gasteiger charge is 2.06. The van der Waals surface area contributed by atoms with Gasteiger partial charge in [-0.1, -0.05) is 31.2 Å². The monoisotopic (exact) mass is 219 g/mol. The van der Waals surface area contributed by atoms with Crippen molar-refractivity contribution in [1.29, 1.82) is 0 Å². The van der Waals surface area contributed by atoms with Gasteiger partial charge in [-0.3, -0.25) is 0 Å². The molecule has 1 heterocycles. The largest absolute Gasteiger partial charge is 0.369 e. The van der Waals surface area contributed by atoms with Crippen LogP contribution in [-0.2, 0) is 6.42 Å². The zero-order valence-corrected chi connectivity index (χ0v) is 9.41. The van der Waals surface area contributed by atoms with Crippen LogP contribution in [0.1, 0.15) is 12.5 Å². The topological polar surface area (TPSA) is 12.5 Å². The van der Waals surface area contributed by atoms with Crippen LogP contribution in [0.4, 0.5) is 0 Å². The van der Waals surface area contributed by atoms with E-state index in [9.17, 15) is 0 Å². The molecule has 15 heavy (non-hydrogen) atoms. The average Bonchev–Trinajstić information content (AvgIpc) is 2.31. The molecule has 0 saturated heterocycles. The summed E-state index contributed by atoms with van der Waals surface area (Å²) in [6.07, 6.45) is 6.81. The fourth-order valence-corrected chi connectivity index (χ4v) is 1.87. The zero-order valence-electron chi connectivity index (χ0n) is 8.59. The fourth-order valence-electron chi connectivity index (χ4n) is 1.33. The predicted octanol–water partition coefficient (Wildman–Crippen LogP) is 3.53. The number of hydrogen-bond acceptors (Lipinski definition) is 3. The summed E-state index contributed by atoms with van der Waals surface area (Å²) in [6, 6.07) is 8.10.